The van der Waals surface area contributed by atoms with Gasteiger partial charge in [0.15, 0.2) is 11.6 Å². The number of fused-ring (bicyclic) bond motifs is 4. The van der Waals surface area contributed by atoms with Crippen LogP contribution < -0.4 is 0 Å². The van der Waals surface area contributed by atoms with Gasteiger partial charge >= 0.3 is 0 Å². The number of furan rings is 1. The van der Waals surface area contributed by atoms with E-state index in [0.717, 1.165) is 44.0 Å². The predicted octanol–water partition coefficient (Wildman–Crippen LogP) is 6.31. The van der Waals surface area contributed by atoms with Crippen LogP contribution in [0.5, 0.6) is 0 Å². The van der Waals surface area contributed by atoms with Crippen LogP contribution in [0.4, 0.5) is 0 Å². The van der Waals surface area contributed by atoms with E-state index in [9.17, 15) is 0 Å². The van der Waals surface area contributed by atoms with E-state index >= 15 is 0 Å². The molecule has 6 aromatic rings. The van der Waals surface area contributed by atoms with Gasteiger partial charge in [-0.15, -0.1) is 0 Å². The van der Waals surface area contributed by atoms with Crippen LogP contribution in [0.1, 0.15) is 0 Å². The van der Waals surface area contributed by atoms with E-state index in [2.05, 4.69) is 15.0 Å². The Hall–Kier alpha value is -3.83. The SMILES string of the molecule is Clc1nc(-c2ccc3ncccc3c2)nc(-c2cccc3c2oc2ccccc23)n1. The Bertz CT molecular complexity index is 1570. The zero-order chi connectivity index (χ0) is 20.1. The fourth-order valence-corrected chi connectivity index (χ4v) is 3.90. The van der Waals surface area contributed by atoms with Crippen LogP contribution in [0.15, 0.2) is 83.4 Å². The molecule has 3 aromatic carbocycles. The first kappa shape index (κ1) is 17.1. The number of benzene rings is 3. The van der Waals surface area contributed by atoms with Gasteiger partial charge in [-0.25, -0.2) is 4.98 Å². The van der Waals surface area contributed by atoms with Gasteiger partial charge in [0.25, 0.3) is 0 Å². The number of aromatic nitrogens is 4. The third-order valence-corrected chi connectivity index (χ3v) is 5.28. The Kier molecular flexibility index (Phi) is 3.76. The summed E-state index contributed by atoms with van der Waals surface area (Å²) in [4.78, 5) is 17.8. The summed E-state index contributed by atoms with van der Waals surface area (Å²) in [7, 11) is 0. The number of hydrogen-bond acceptors (Lipinski definition) is 5. The largest absolute Gasteiger partial charge is 0.455 e. The number of nitrogens with zero attached hydrogens (tertiary/aromatic N) is 4. The summed E-state index contributed by atoms with van der Waals surface area (Å²) in [5.74, 6) is 0.977. The van der Waals surface area contributed by atoms with Crippen molar-refractivity contribution in [1.29, 1.82) is 0 Å². The van der Waals surface area contributed by atoms with E-state index in [0.29, 0.717) is 11.6 Å². The highest BCUT2D eigenvalue weighted by Crippen LogP contribution is 2.35. The summed E-state index contributed by atoms with van der Waals surface area (Å²) in [5.41, 5.74) is 4.08. The molecule has 3 aromatic heterocycles. The molecule has 3 heterocycles. The maximum Gasteiger partial charge on any atom is 0.226 e. The summed E-state index contributed by atoms with van der Waals surface area (Å²) >= 11 is 6.29. The summed E-state index contributed by atoms with van der Waals surface area (Å²) in [6.07, 6.45) is 1.77. The van der Waals surface area contributed by atoms with Crippen molar-refractivity contribution in [2.24, 2.45) is 0 Å². The maximum atomic E-state index is 6.29. The number of para-hydroxylation sites is 2. The van der Waals surface area contributed by atoms with Gasteiger partial charge in [0, 0.05) is 27.9 Å². The van der Waals surface area contributed by atoms with Crippen LogP contribution in [0, 0.1) is 0 Å². The maximum absolute atomic E-state index is 6.29. The molecule has 0 bridgehead atoms. The minimum Gasteiger partial charge on any atom is -0.455 e. The third-order valence-electron chi connectivity index (χ3n) is 5.11. The Morgan fingerprint density at radius 3 is 2.57 bits per heavy atom. The van der Waals surface area contributed by atoms with E-state index in [1.807, 2.05) is 72.8 Å². The van der Waals surface area contributed by atoms with Crippen molar-refractivity contribution in [2.75, 3.05) is 0 Å². The molecule has 0 radical (unpaired) electrons. The molecule has 6 rings (SSSR count). The minimum atomic E-state index is 0.134. The molecule has 0 amide bonds. The molecule has 0 spiro atoms. The molecule has 142 valence electrons. The van der Waals surface area contributed by atoms with Gasteiger partial charge in [0.1, 0.15) is 11.2 Å². The number of halogens is 1. The average Bonchev–Trinajstić information content (AvgIpc) is 3.17. The molecule has 30 heavy (non-hydrogen) atoms. The van der Waals surface area contributed by atoms with Gasteiger partial charge in [0.2, 0.25) is 5.28 Å². The quantitative estimate of drug-likeness (QED) is 0.336. The van der Waals surface area contributed by atoms with Crippen molar-refractivity contribution < 1.29 is 4.42 Å². The van der Waals surface area contributed by atoms with Gasteiger partial charge in [-0.1, -0.05) is 36.4 Å². The van der Waals surface area contributed by atoms with Crippen molar-refractivity contribution >= 4 is 44.4 Å². The molecular formula is C24H13ClN4O. The molecular weight excluding hydrogens is 396 g/mol. The minimum absolute atomic E-state index is 0.134. The molecule has 0 aliphatic heterocycles. The van der Waals surface area contributed by atoms with Gasteiger partial charge in [0.05, 0.1) is 11.1 Å². The summed E-state index contributed by atoms with van der Waals surface area (Å²) in [5, 5.41) is 3.21. The van der Waals surface area contributed by atoms with Crippen molar-refractivity contribution in [2.45, 2.75) is 0 Å². The fourth-order valence-electron chi connectivity index (χ4n) is 3.74. The number of rotatable bonds is 2. The normalized spacial score (nSPS) is 11.5. The molecule has 0 saturated carbocycles. The molecule has 0 atom stereocenters. The zero-order valence-corrected chi connectivity index (χ0v) is 16.3. The lowest BCUT2D eigenvalue weighted by molar-refractivity contribution is 0.669. The van der Waals surface area contributed by atoms with Crippen molar-refractivity contribution in [3.63, 3.8) is 0 Å². The average molecular weight is 409 g/mol. The Morgan fingerprint density at radius 2 is 1.60 bits per heavy atom. The predicted molar refractivity (Wildman–Crippen MR) is 118 cm³/mol. The molecule has 0 fully saturated rings. The van der Waals surface area contributed by atoms with E-state index in [1.54, 1.807) is 6.20 Å². The second-order valence-electron chi connectivity index (χ2n) is 6.94. The second kappa shape index (κ2) is 6.61. The Balaban J connectivity index is 1.56. The monoisotopic (exact) mass is 408 g/mol. The van der Waals surface area contributed by atoms with Crippen LogP contribution in [-0.2, 0) is 0 Å². The first-order valence-corrected chi connectivity index (χ1v) is 9.81. The first-order chi connectivity index (χ1) is 14.8. The smallest absolute Gasteiger partial charge is 0.226 e. The lowest BCUT2D eigenvalue weighted by Gasteiger charge is -2.06. The fraction of sp³-hybridized carbons (Fsp3) is 0. The van der Waals surface area contributed by atoms with Crippen LogP contribution in [0.2, 0.25) is 5.28 Å². The topological polar surface area (TPSA) is 64.7 Å². The first-order valence-electron chi connectivity index (χ1n) is 9.44. The van der Waals surface area contributed by atoms with Crippen molar-refractivity contribution in [3.8, 4) is 22.8 Å². The highest BCUT2D eigenvalue weighted by atomic mass is 35.5. The van der Waals surface area contributed by atoms with E-state index in [-0.39, 0.29) is 5.28 Å². The zero-order valence-electron chi connectivity index (χ0n) is 15.6. The highest BCUT2D eigenvalue weighted by molar-refractivity contribution is 6.28. The molecule has 0 saturated heterocycles. The lowest BCUT2D eigenvalue weighted by Crippen LogP contribution is -1.97. The van der Waals surface area contributed by atoms with Gasteiger partial charge in [-0.3, -0.25) is 4.98 Å². The van der Waals surface area contributed by atoms with Crippen LogP contribution in [0.25, 0.3) is 55.6 Å². The van der Waals surface area contributed by atoms with Crippen LogP contribution >= 0.6 is 11.6 Å². The Labute approximate surface area is 176 Å². The van der Waals surface area contributed by atoms with Crippen molar-refractivity contribution in [3.05, 3.63) is 84.3 Å². The molecule has 0 unspecified atom stereocenters. The number of hydrogen-bond donors (Lipinski definition) is 0. The van der Waals surface area contributed by atoms with Crippen LogP contribution in [0.3, 0.4) is 0 Å². The molecule has 5 nitrogen and oxygen atoms in total. The summed E-state index contributed by atoms with van der Waals surface area (Å²) < 4.78 is 6.13. The molecule has 6 heteroatoms. The number of pyridine rings is 1. The van der Waals surface area contributed by atoms with Crippen molar-refractivity contribution in [1.82, 2.24) is 19.9 Å². The summed E-state index contributed by atoms with van der Waals surface area (Å²) in [6.45, 7) is 0. The second-order valence-corrected chi connectivity index (χ2v) is 7.28. The third kappa shape index (κ3) is 2.71. The molecule has 0 N–H and O–H groups in total. The molecule has 0 aliphatic rings. The van der Waals surface area contributed by atoms with E-state index < -0.39 is 0 Å². The van der Waals surface area contributed by atoms with Crippen LogP contribution in [-0.4, -0.2) is 19.9 Å². The van der Waals surface area contributed by atoms with Gasteiger partial charge < -0.3 is 4.42 Å². The van der Waals surface area contributed by atoms with Gasteiger partial charge in [-0.05, 0) is 48.0 Å². The van der Waals surface area contributed by atoms with Gasteiger partial charge in [-0.2, -0.15) is 9.97 Å². The lowest BCUT2D eigenvalue weighted by atomic mass is 10.1. The van der Waals surface area contributed by atoms with E-state index in [4.69, 9.17) is 21.0 Å². The highest BCUT2D eigenvalue weighted by Gasteiger charge is 2.16. The standard InChI is InChI=1S/C24H13ClN4O/c25-24-28-22(15-10-11-19-14(13-15)5-4-12-26-19)27-23(29-24)18-8-3-7-17-16-6-1-2-9-20(16)30-21(17)18/h1-13H. The molecule has 0 aliphatic carbocycles. The Morgan fingerprint density at radius 1 is 0.733 bits per heavy atom. The summed E-state index contributed by atoms with van der Waals surface area (Å²) in [6, 6.07) is 23.7. The van der Waals surface area contributed by atoms with E-state index in [1.165, 1.54) is 0 Å².